The molecule has 0 spiro atoms. The smallest absolute Gasteiger partial charge is 0.175 e. The van der Waals surface area contributed by atoms with Crippen molar-refractivity contribution < 1.29 is 8.42 Å². The molecular weight excluding hydrogens is 396 g/mol. The van der Waals surface area contributed by atoms with E-state index in [0.717, 1.165) is 15.7 Å². The van der Waals surface area contributed by atoms with E-state index in [4.69, 9.17) is 12.2 Å². The fraction of sp³-hybridized carbons (Fsp3) is 0.188. The zero-order valence-electron chi connectivity index (χ0n) is 12.7. The Balaban J connectivity index is 2.01. The molecule has 0 saturated heterocycles. The number of nitrogens with one attached hydrogen (secondary N) is 2. The van der Waals surface area contributed by atoms with Gasteiger partial charge in [-0.3, -0.25) is 0 Å². The summed E-state index contributed by atoms with van der Waals surface area (Å²) < 4.78 is 23.9. The average molecular weight is 413 g/mol. The van der Waals surface area contributed by atoms with Crippen LogP contribution in [0.5, 0.6) is 0 Å². The summed E-state index contributed by atoms with van der Waals surface area (Å²) >= 11 is 8.72. The molecular formula is C16H17BrN2O2S2. The summed E-state index contributed by atoms with van der Waals surface area (Å²) in [6, 6.07) is 14.4. The molecule has 2 N–H and O–H groups in total. The highest BCUT2D eigenvalue weighted by molar-refractivity contribution is 9.10. The lowest BCUT2D eigenvalue weighted by molar-refractivity contribution is 0.601. The standard InChI is InChI=1S/C16H17BrN2O2S2/c1-11(12-6-8-15(9-7-12)23(2,20)21)18-16(22)19-14-5-3-4-13(17)10-14/h3-11H,1-2H3,(H2,18,19,22)/t11-/m1/s1. The van der Waals surface area contributed by atoms with Crippen molar-refractivity contribution >= 4 is 48.8 Å². The third-order valence-electron chi connectivity index (χ3n) is 3.24. The third kappa shape index (κ3) is 5.30. The van der Waals surface area contributed by atoms with Crippen molar-refractivity contribution in [1.29, 1.82) is 0 Å². The minimum Gasteiger partial charge on any atom is -0.356 e. The molecule has 0 fully saturated rings. The minimum absolute atomic E-state index is 0.0456. The number of thiocarbonyl (C=S) groups is 1. The molecule has 2 rings (SSSR count). The highest BCUT2D eigenvalue weighted by atomic mass is 79.9. The molecule has 7 heteroatoms. The van der Waals surface area contributed by atoms with Crippen LogP contribution in [0.2, 0.25) is 0 Å². The van der Waals surface area contributed by atoms with Gasteiger partial charge in [0.25, 0.3) is 0 Å². The first-order valence-corrected chi connectivity index (χ1v) is 9.98. The van der Waals surface area contributed by atoms with Crippen LogP contribution < -0.4 is 10.6 Å². The molecule has 0 saturated carbocycles. The Morgan fingerprint density at radius 1 is 1.17 bits per heavy atom. The maximum Gasteiger partial charge on any atom is 0.175 e. The first-order valence-electron chi connectivity index (χ1n) is 6.89. The number of anilines is 1. The molecule has 0 radical (unpaired) electrons. The second-order valence-corrected chi connectivity index (χ2v) is 8.51. The van der Waals surface area contributed by atoms with E-state index in [1.807, 2.05) is 31.2 Å². The molecule has 0 aromatic heterocycles. The molecule has 1 atom stereocenters. The normalized spacial score (nSPS) is 12.5. The van der Waals surface area contributed by atoms with Crippen molar-refractivity contribution in [1.82, 2.24) is 5.32 Å². The van der Waals surface area contributed by atoms with Gasteiger partial charge in [0.05, 0.1) is 10.9 Å². The van der Waals surface area contributed by atoms with Gasteiger partial charge in [0.2, 0.25) is 0 Å². The van der Waals surface area contributed by atoms with Gasteiger partial charge in [0.15, 0.2) is 14.9 Å². The number of benzene rings is 2. The molecule has 0 aliphatic heterocycles. The van der Waals surface area contributed by atoms with Crippen LogP contribution in [0.4, 0.5) is 5.69 Å². The number of hydrogen-bond donors (Lipinski definition) is 2. The molecule has 2 aromatic rings. The van der Waals surface area contributed by atoms with Crippen LogP contribution in [0.1, 0.15) is 18.5 Å². The van der Waals surface area contributed by atoms with Crippen LogP contribution in [0.3, 0.4) is 0 Å². The van der Waals surface area contributed by atoms with E-state index in [-0.39, 0.29) is 6.04 Å². The lowest BCUT2D eigenvalue weighted by atomic mass is 10.1. The second kappa shape index (κ2) is 7.42. The lowest BCUT2D eigenvalue weighted by Gasteiger charge is -2.17. The fourth-order valence-corrected chi connectivity index (χ4v) is 3.34. The lowest BCUT2D eigenvalue weighted by Crippen LogP contribution is -2.30. The maximum atomic E-state index is 11.5. The molecule has 122 valence electrons. The summed E-state index contributed by atoms with van der Waals surface area (Å²) in [6.07, 6.45) is 1.20. The Kier molecular flexibility index (Phi) is 5.78. The van der Waals surface area contributed by atoms with Crippen molar-refractivity contribution in [3.8, 4) is 0 Å². The van der Waals surface area contributed by atoms with Gasteiger partial charge in [0, 0.05) is 16.4 Å². The third-order valence-corrected chi connectivity index (χ3v) is 5.08. The zero-order chi connectivity index (χ0) is 17.0. The van der Waals surface area contributed by atoms with E-state index in [0.29, 0.717) is 10.0 Å². The van der Waals surface area contributed by atoms with Gasteiger partial charge in [-0.1, -0.05) is 34.1 Å². The van der Waals surface area contributed by atoms with Crippen molar-refractivity contribution in [2.75, 3.05) is 11.6 Å². The molecule has 2 aromatic carbocycles. The molecule has 0 heterocycles. The van der Waals surface area contributed by atoms with Crippen molar-refractivity contribution in [3.63, 3.8) is 0 Å². The van der Waals surface area contributed by atoms with E-state index in [9.17, 15) is 8.42 Å². The van der Waals surface area contributed by atoms with Gasteiger partial charge in [-0.2, -0.15) is 0 Å². The van der Waals surface area contributed by atoms with Gasteiger partial charge >= 0.3 is 0 Å². The Bertz CT molecular complexity index is 805. The Hall–Kier alpha value is -1.44. The number of rotatable bonds is 4. The predicted octanol–water partition coefficient (Wildman–Crippen LogP) is 3.90. The van der Waals surface area contributed by atoms with Crippen LogP contribution in [-0.4, -0.2) is 19.8 Å². The highest BCUT2D eigenvalue weighted by Crippen LogP contribution is 2.18. The number of sulfone groups is 1. The van der Waals surface area contributed by atoms with E-state index in [1.165, 1.54) is 6.26 Å². The van der Waals surface area contributed by atoms with Gasteiger partial charge < -0.3 is 10.6 Å². The predicted molar refractivity (Wildman–Crippen MR) is 101 cm³/mol. The molecule has 0 unspecified atom stereocenters. The minimum atomic E-state index is -3.18. The quantitative estimate of drug-likeness (QED) is 0.745. The molecule has 0 aliphatic rings. The van der Waals surface area contributed by atoms with Crippen LogP contribution in [-0.2, 0) is 9.84 Å². The Morgan fingerprint density at radius 2 is 1.83 bits per heavy atom. The summed E-state index contributed by atoms with van der Waals surface area (Å²) in [5.41, 5.74) is 1.84. The van der Waals surface area contributed by atoms with Crippen LogP contribution in [0, 0.1) is 0 Å². The van der Waals surface area contributed by atoms with E-state index < -0.39 is 9.84 Å². The van der Waals surface area contributed by atoms with Gasteiger partial charge in [0.1, 0.15) is 0 Å². The van der Waals surface area contributed by atoms with Crippen molar-refractivity contribution in [2.45, 2.75) is 17.9 Å². The summed E-state index contributed by atoms with van der Waals surface area (Å²) in [5, 5.41) is 6.79. The van der Waals surface area contributed by atoms with Gasteiger partial charge in [-0.25, -0.2) is 8.42 Å². The summed E-state index contributed by atoms with van der Waals surface area (Å²) in [5.74, 6) is 0. The monoisotopic (exact) mass is 412 g/mol. The van der Waals surface area contributed by atoms with E-state index >= 15 is 0 Å². The largest absolute Gasteiger partial charge is 0.356 e. The van der Waals surface area contributed by atoms with Gasteiger partial charge in [-0.05, 0) is 55.0 Å². The SMILES string of the molecule is C[C@@H](NC(=S)Nc1cccc(Br)c1)c1ccc(S(C)(=O)=O)cc1. The summed E-state index contributed by atoms with van der Waals surface area (Å²) in [6.45, 7) is 1.96. The molecule has 0 aliphatic carbocycles. The fourth-order valence-electron chi connectivity index (χ4n) is 2.02. The Labute approximate surface area is 150 Å². The number of halogens is 1. The topological polar surface area (TPSA) is 58.2 Å². The zero-order valence-corrected chi connectivity index (χ0v) is 15.9. The van der Waals surface area contributed by atoms with Crippen LogP contribution in [0.25, 0.3) is 0 Å². The Morgan fingerprint density at radius 3 is 2.39 bits per heavy atom. The molecule has 0 bridgehead atoms. The molecule has 0 amide bonds. The highest BCUT2D eigenvalue weighted by Gasteiger charge is 2.10. The average Bonchev–Trinajstić information content (AvgIpc) is 2.46. The number of hydrogen-bond acceptors (Lipinski definition) is 3. The van der Waals surface area contributed by atoms with Crippen molar-refractivity contribution in [2.24, 2.45) is 0 Å². The summed E-state index contributed by atoms with van der Waals surface area (Å²) in [4.78, 5) is 0.309. The maximum absolute atomic E-state index is 11.5. The first-order chi connectivity index (χ1) is 10.8. The second-order valence-electron chi connectivity index (χ2n) is 5.17. The van der Waals surface area contributed by atoms with Crippen LogP contribution >= 0.6 is 28.1 Å². The van der Waals surface area contributed by atoms with Gasteiger partial charge in [-0.15, -0.1) is 0 Å². The van der Waals surface area contributed by atoms with Crippen LogP contribution in [0.15, 0.2) is 57.9 Å². The molecule has 23 heavy (non-hydrogen) atoms. The first kappa shape index (κ1) is 17.9. The summed E-state index contributed by atoms with van der Waals surface area (Å²) in [7, 11) is -3.18. The van der Waals surface area contributed by atoms with Crippen molar-refractivity contribution in [3.05, 3.63) is 58.6 Å². The van der Waals surface area contributed by atoms with E-state index in [2.05, 4.69) is 26.6 Å². The van der Waals surface area contributed by atoms with E-state index in [1.54, 1.807) is 24.3 Å². The molecule has 4 nitrogen and oxygen atoms in total.